The maximum atomic E-state index is 14.0. The number of benzene rings is 2. The van der Waals surface area contributed by atoms with E-state index in [0.717, 1.165) is 28.2 Å². The summed E-state index contributed by atoms with van der Waals surface area (Å²) in [4.78, 5) is 0. The predicted molar refractivity (Wildman–Crippen MR) is 88.2 cm³/mol. The predicted octanol–water partition coefficient (Wildman–Crippen LogP) is 4.87. The Morgan fingerprint density at radius 2 is 1.83 bits per heavy atom. The average Bonchev–Trinajstić information content (AvgIpc) is 2.87. The molecule has 4 rings (SSSR count). The van der Waals surface area contributed by atoms with Gasteiger partial charge in [0.05, 0.1) is 12.5 Å². The number of rotatable bonds is 2. The molecule has 2 aromatic rings. The summed E-state index contributed by atoms with van der Waals surface area (Å²) in [5.41, 5.74) is 2.67. The van der Waals surface area contributed by atoms with Crippen molar-refractivity contribution in [3.63, 3.8) is 0 Å². The quantitative estimate of drug-likeness (QED) is 0.782. The highest BCUT2D eigenvalue weighted by atomic mass is 19.3. The lowest BCUT2D eigenvalue weighted by molar-refractivity contribution is -0.0829. The van der Waals surface area contributed by atoms with E-state index in [1.54, 1.807) is 7.11 Å². The Bertz CT molecular complexity index is 770. The standard InChI is InChI=1S/C20H20F2O2/c1-13-3-8-17-16(11-13)20(14-4-6-15(23-2)7-5-14)10-9-19(21,22)12-18(20)24-17/h3-8,11,18H,9-10,12H2,1-2H3. The monoisotopic (exact) mass is 330 g/mol. The van der Waals surface area contributed by atoms with Gasteiger partial charge in [-0.1, -0.05) is 29.8 Å². The Hall–Kier alpha value is -2.10. The first-order chi connectivity index (χ1) is 11.4. The number of ether oxygens (including phenoxy) is 2. The lowest BCUT2D eigenvalue weighted by Gasteiger charge is -2.41. The Labute approximate surface area is 140 Å². The summed E-state index contributed by atoms with van der Waals surface area (Å²) in [7, 11) is 1.62. The Balaban J connectivity index is 1.88. The van der Waals surface area contributed by atoms with E-state index in [0.29, 0.717) is 6.42 Å². The van der Waals surface area contributed by atoms with Crippen molar-refractivity contribution in [1.82, 2.24) is 0 Å². The maximum absolute atomic E-state index is 14.0. The van der Waals surface area contributed by atoms with Crippen LogP contribution in [0.25, 0.3) is 0 Å². The molecular formula is C20H20F2O2. The van der Waals surface area contributed by atoms with Crippen LogP contribution in [0, 0.1) is 6.92 Å². The number of fused-ring (bicyclic) bond motifs is 3. The molecular weight excluding hydrogens is 310 g/mol. The van der Waals surface area contributed by atoms with Crippen LogP contribution in [-0.2, 0) is 5.41 Å². The molecule has 2 unspecified atom stereocenters. The molecule has 1 aliphatic carbocycles. The van der Waals surface area contributed by atoms with Crippen LogP contribution in [0.2, 0.25) is 0 Å². The number of hydrogen-bond donors (Lipinski definition) is 0. The second-order valence-corrected chi connectivity index (χ2v) is 6.87. The zero-order valence-corrected chi connectivity index (χ0v) is 13.8. The molecule has 2 nitrogen and oxygen atoms in total. The van der Waals surface area contributed by atoms with Gasteiger partial charge >= 0.3 is 0 Å². The van der Waals surface area contributed by atoms with Gasteiger partial charge in [0, 0.05) is 18.4 Å². The molecule has 0 N–H and O–H groups in total. The van der Waals surface area contributed by atoms with Gasteiger partial charge in [0.15, 0.2) is 0 Å². The van der Waals surface area contributed by atoms with Crippen LogP contribution in [0.5, 0.6) is 11.5 Å². The van der Waals surface area contributed by atoms with E-state index < -0.39 is 17.4 Å². The van der Waals surface area contributed by atoms with Crippen molar-refractivity contribution in [2.75, 3.05) is 7.11 Å². The molecule has 4 heteroatoms. The zero-order valence-electron chi connectivity index (χ0n) is 13.8. The molecule has 2 atom stereocenters. The molecule has 1 aliphatic heterocycles. The van der Waals surface area contributed by atoms with Gasteiger partial charge in [-0.05, 0) is 37.1 Å². The Morgan fingerprint density at radius 1 is 1.08 bits per heavy atom. The Kier molecular flexibility index (Phi) is 3.34. The van der Waals surface area contributed by atoms with Gasteiger partial charge in [-0.15, -0.1) is 0 Å². The molecule has 1 fully saturated rings. The molecule has 0 bridgehead atoms. The first kappa shape index (κ1) is 15.4. The molecule has 2 aliphatic rings. The van der Waals surface area contributed by atoms with Gasteiger partial charge in [0.1, 0.15) is 17.6 Å². The number of alkyl halides is 2. The average molecular weight is 330 g/mol. The van der Waals surface area contributed by atoms with Crippen molar-refractivity contribution in [2.45, 2.75) is 43.6 Å². The summed E-state index contributed by atoms with van der Waals surface area (Å²) < 4.78 is 39.3. The van der Waals surface area contributed by atoms with E-state index in [-0.39, 0.29) is 12.8 Å². The molecule has 0 aromatic heterocycles. The minimum absolute atomic E-state index is 0.119. The van der Waals surface area contributed by atoms with Crippen LogP contribution in [0.3, 0.4) is 0 Å². The van der Waals surface area contributed by atoms with Gasteiger partial charge in [-0.25, -0.2) is 8.78 Å². The lowest BCUT2D eigenvalue weighted by atomic mass is 9.63. The van der Waals surface area contributed by atoms with Crippen LogP contribution in [-0.4, -0.2) is 19.1 Å². The van der Waals surface area contributed by atoms with Crippen molar-refractivity contribution < 1.29 is 18.3 Å². The van der Waals surface area contributed by atoms with Gasteiger partial charge in [-0.2, -0.15) is 0 Å². The summed E-state index contributed by atoms with van der Waals surface area (Å²) in [6, 6.07) is 13.7. The second kappa shape index (κ2) is 5.20. The Morgan fingerprint density at radius 3 is 2.54 bits per heavy atom. The molecule has 0 saturated heterocycles. The van der Waals surface area contributed by atoms with Crippen LogP contribution >= 0.6 is 0 Å². The minimum Gasteiger partial charge on any atom is -0.497 e. The number of methoxy groups -OCH3 is 1. The van der Waals surface area contributed by atoms with Crippen LogP contribution in [0.1, 0.15) is 36.0 Å². The maximum Gasteiger partial charge on any atom is 0.251 e. The van der Waals surface area contributed by atoms with E-state index in [9.17, 15) is 8.78 Å². The summed E-state index contributed by atoms with van der Waals surface area (Å²) in [6.07, 6.45) is -0.515. The lowest BCUT2D eigenvalue weighted by Crippen LogP contribution is -2.48. The first-order valence-corrected chi connectivity index (χ1v) is 8.25. The summed E-state index contributed by atoms with van der Waals surface area (Å²) >= 11 is 0. The van der Waals surface area contributed by atoms with Crippen molar-refractivity contribution >= 4 is 0 Å². The van der Waals surface area contributed by atoms with E-state index in [4.69, 9.17) is 9.47 Å². The van der Waals surface area contributed by atoms with Gasteiger partial charge < -0.3 is 9.47 Å². The largest absolute Gasteiger partial charge is 0.497 e. The van der Waals surface area contributed by atoms with Crippen LogP contribution in [0.15, 0.2) is 42.5 Å². The highest BCUT2D eigenvalue weighted by Gasteiger charge is 2.57. The third-order valence-electron chi connectivity index (χ3n) is 5.41. The van der Waals surface area contributed by atoms with E-state index >= 15 is 0 Å². The topological polar surface area (TPSA) is 18.5 Å². The molecule has 0 amide bonds. The number of aryl methyl sites for hydroxylation is 1. The van der Waals surface area contributed by atoms with Crippen molar-refractivity contribution in [3.8, 4) is 11.5 Å². The summed E-state index contributed by atoms with van der Waals surface area (Å²) in [6.45, 7) is 2.02. The number of hydrogen-bond acceptors (Lipinski definition) is 2. The summed E-state index contributed by atoms with van der Waals surface area (Å²) in [5.74, 6) is -1.17. The fourth-order valence-corrected chi connectivity index (χ4v) is 4.16. The highest BCUT2D eigenvalue weighted by molar-refractivity contribution is 5.55. The van der Waals surface area contributed by atoms with E-state index in [1.165, 1.54) is 0 Å². The van der Waals surface area contributed by atoms with Crippen molar-refractivity contribution in [3.05, 3.63) is 59.2 Å². The molecule has 24 heavy (non-hydrogen) atoms. The van der Waals surface area contributed by atoms with Gasteiger partial charge in [-0.3, -0.25) is 0 Å². The highest BCUT2D eigenvalue weighted by Crippen LogP contribution is 2.57. The van der Waals surface area contributed by atoms with Crippen molar-refractivity contribution in [1.29, 1.82) is 0 Å². The minimum atomic E-state index is -2.67. The van der Waals surface area contributed by atoms with Crippen LogP contribution in [0.4, 0.5) is 8.78 Å². The fraction of sp³-hybridized carbons (Fsp3) is 0.400. The fourth-order valence-electron chi connectivity index (χ4n) is 4.16. The van der Waals surface area contributed by atoms with E-state index in [1.807, 2.05) is 43.3 Å². The van der Waals surface area contributed by atoms with Gasteiger partial charge in [0.25, 0.3) is 5.92 Å². The molecule has 2 aromatic carbocycles. The zero-order chi connectivity index (χ0) is 16.9. The van der Waals surface area contributed by atoms with Crippen LogP contribution < -0.4 is 9.47 Å². The van der Waals surface area contributed by atoms with E-state index in [2.05, 4.69) is 6.07 Å². The summed E-state index contributed by atoms with van der Waals surface area (Å²) in [5, 5.41) is 0. The molecule has 1 heterocycles. The first-order valence-electron chi connectivity index (χ1n) is 8.25. The molecule has 0 spiro atoms. The number of halogens is 2. The normalized spacial score (nSPS) is 27.1. The smallest absolute Gasteiger partial charge is 0.251 e. The molecule has 0 radical (unpaired) electrons. The SMILES string of the molecule is COc1ccc(C23CCC(F)(F)CC2Oc2ccc(C)cc23)cc1. The molecule has 126 valence electrons. The van der Waals surface area contributed by atoms with Gasteiger partial charge in [0.2, 0.25) is 0 Å². The third-order valence-corrected chi connectivity index (χ3v) is 5.41. The second-order valence-electron chi connectivity index (χ2n) is 6.87. The molecule has 1 saturated carbocycles. The third kappa shape index (κ3) is 2.20. The van der Waals surface area contributed by atoms with Crippen molar-refractivity contribution in [2.24, 2.45) is 0 Å².